The lowest BCUT2D eigenvalue weighted by Crippen LogP contribution is -1.95. The first-order chi connectivity index (χ1) is 6.29. The summed E-state index contributed by atoms with van der Waals surface area (Å²) in [6, 6.07) is 0. The summed E-state index contributed by atoms with van der Waals surface area (Å²) in [7, 11) is 0. The molecule has 2 rings (SSSR count). The van der Waals surface area contributed by atoms with E-state index in [0.29, 0.717) is 5.56 Å². The second-order valence-corrected chi connectivity index (χ2v) is 2.36. The number of nitrogens with zero attached hydrogens (tertiary/aromatic N) is 2. The Labute approximate surface area is 72.2 Å². The molecule has 0 saturated heterocycles. The first-order valence-electron chi connectivity index (χ1n) is 3.46. The SMILES string of the molecule is O=C(O)c1cnoc1-c1cn[nH]c1. The minimum absolute atomic E-state index is 0.0291. The molecule has 0 fully saturated rings. The van der Waals surface area contributed by atoms with E-state index in [4.69, 9.17) is 9.63 Å². The van der Waals surface area contributed by atoms with Crippen LogP contribution < -0.4 is 0 Å². The maximum Gasteiger partial charge on any atom is 0.341 e. The predicted octanol–water partition coefficient (Wildman–Crippen LogP) is 0.763. The van der Waals surface area contributed by atoms with E-state index in [-0.39, 0.29) is 11.3 Å². The van der Waals surface area contributed by atoms with Crippen molar-refractivity contribution in [2.45, 2.75) is 0 Å². The molecule has 0 saturated carbocycles. The van der Waals surface area contributed by atoms with Gasteiger partial charge in [-0.25, -0.2) is 4.79 Å². The summed E-state index contributed by atoms with van der Waals surface area (Å²) >= 11 is 0. The Kier molecular flexibility index (Phi) is 1.59. The van der Waals surface area contributed by atoms with Gasteiger partial charge in [-0.05, 0) is 0 Å². The zero-order valence-electron chi connectivity index (χ0n) is 6.39. The van der Waals surface area contributed by atoms with Crippen LogP contribution in [-0.4, -0.2) is 26.4 Å². The van der Waals surface area contributed by atoms with Crippen LogP contribution in [-0.2, 0) is 0 Å². The topological polar surface area (TPSA) is 92.0 Å². The van der Waals surface area contributed by atoms with Crippen molar-refractivity contribution in [1.82, 2.24) is 15.4 Å². The van der Waals surface area contributed by atoms with Crippen LogP contribution in [0.15, 0.2) is 23.1 Å². The molecule has 0 aliphatic carbocycles. The van der Waals surface area contributed by atoms with E-state index < -0.39 is 5.97 Å². The van der Waals surface area contributed by atoms with Crippen molar-refractivity contribution in [2.75, 3.05) is 0 Å². The van der Waals surface area contributed by atoms with Crippen LogP contribution in [0.25, 0.3) is 11.3 Å². The molecule has 6 heteroatoms. The van der Waals surface area contributed by atoms with E-state index in [0.717, 1.165) is 6.20 Å². The summed E-state index contributed by atoms with van der Waals surface area (Å²) in [4.78, 5) is 10.6. The van der Waals surface area contributed by atoms with E-state index in [9.17, 15) is 4.79 Å². The molecule has 6 nitrogen and oxygen atoms in total. The number of hydrogen-bond donors (Lipinski definition) is 2. The van der Waals surface area contributed by atoms with Crippen LogP contribution in [0.3, 0.4) is 0 Å². The van der Waals surface area contributed by atoms with E-state index >= 15 is 0 Å². The van der Waals surface area contributed by atoms with Crippen molar-refractivity contribution in [3.8, 4) is 11.3 Å². The highest BCUT2D eigenvalue weighted by Crippen LogP contribution is 2.21. The zero-order valence-corrected chi connectivity index (χ0v) is 6.39. The average molecular weight is 179 g/mol. The van der Waals surface area contributed by atoms with Crippen molar-refractivity contribution in [3.63, 3.8) is 0 Å². The molecule has 0 atom stereocenters. The van der Waals surface area contributed by atoms with Crippen LogP contribution in [0, 0.1) is 0 Å². The van der Waals surface area contributed by atoms with Gasteiger partial charge in [-0.15, -0.1) is 0 Å². The second kappa shape index (κ2) is 2.74. The van der Waals surface area contributed by atoms with Gasteiger partial charge in [0.1, 0.15) is 5.56 Å². The quantitative estimate of drug-likeness (QED) is 0.710. The fraction of sp³-hybridized carbons (Fsp3) is 0. The number of H-pyrrole nitrogens is 1. The summed E-state index contributed by atoms with van der Waals surface area (Å²) < 4.78 is 4.78. The molecule has 0 amide bonds. The predicted molar refractivity (Wildman–Crippen MR) is 41.0 cm³/mol. The molecule has 0 bridgehead atoms. The molecule has 2 aromatic rings. The number of carbonyl (C=O) groups is 1. The molecule has 2 heterocycles. The molecular weight excluding hydrogens is 174 g/mol. The molecule has 0 spiro atoms. The largest absolute Gasteiger partial charge is 0.477 e. The highest BCUT2D eigenvalue weighted by atomic mass is 16.5. The van der Waals surface area contributed by atoms with E-state index in [1.807, 2.05) is 0 Å². The van der Waals surface area contributed by atoms with Crippen molar-refractivity contribution in [3.05, 3.63) is 24.2 Å². The summed E-state index contributed by atoms with van der Waals surface area (Å²) in [6.07, 6.45) is 4.16. The first kappa shape index (κ1) is 7.53. The molecular formula is C7H5N3O3. The first-order valence-corrected chi connectivity index (χ1v) is 3.46. The Hall–Kier alpha value is -2.11. The average Bonchev–Trinajstić information content (AvgIpc) is 2.74. The van der Waals surface area contributed by atoms with Gasteiger partial charge in [-0.3, -0.25) is 5.10 Å². The van der Waals surface area contributed by atoms with Crippen LogP contribution in [0.4, 0.5) is 0 Å². The summed E-state index contributed by atoms with van der Waals surface area (Å²) in [6.45, 7) is 0. The van der Waals surface area contributed by atoms with Crippen LogP contribution in [0.2, 0.25) is 0 Å². The molecule has 2 N–H and O–H groups in total. The molecule has 0 unspecified atom stereocenters. The summed E-state index contributed by atoms with van der Waals surface area (Å²) in [5, 5.41) is 18.4. The number of aromatic nitrogens is 3. The molecule has 0 aliphatic rings. The van der Waals surface area contributed by atoms with Gasteiger partial charge in [0.15, 0.2) is 5.76 Å². The molecule has 0 aromatic carbocycles. The number of rotatable bonds is 2. The fourth-order valence-electron chi connectivity index (χ4n) is 0.975. The summed E-state index contributed by atoms with van der Waals surface area (Å²) in [5.41, 5.74) is 0.594. The third-order valence-corrected chi connectivity index (χ3v) is 1.56. The van der Waals surface area contributed by atoms with Crippen LogP contribution >= 0.6 is 0 Å². The third kappa shape index (κ3) is 1.18. The van der Waals surface area contributed by atoms with Crippen molar-refractivity contribution >= 4 is 5.97 Å². The Morgan fingerprint density at radius 3 is 3.00 bits per heavy atom. The standard InChI is InChI=1S/C7H5N3O3/c11-7(12)5-3-10-13-6(5)4-1-8-9-2-4/h1-3H,(H,8,9)(H,11,12). The summed E-state index contributed by atoms with van der Waals surface area (Å²) in [5.74, 6) is -0.862. The molecule has 66 valence electrons. The fourth-order valence-corrected chi connectivity index (χ4v) is 0.975. The van der Waals surface area contributed by atoms with E-state index in [1.54, 1.807) is 0 Å². The third-order valence-electron chi connectivity index (χ3n) is 1.56. The monoisotopic (exact) mass is 179 g/mol. The number of carboxylic acid groups (broad SMARTS) is 1. The van der Waals surface area contributed by atoms with Gasteiger partial charge < -0.3 is 9.63 Å². The lowest BCUT2D eigenvalue weighted by Gasteiger charge is -1.89. The van der Waals surface area contributed by atoms with E-state index in [2.05, 4.69) is 15.4 Å². The number of hydrogen-bond acceptors (Lipinski definition) is 4. The lowest BCUT2D eigenvalue weighted by atomic mass is 10.2. The minimum atomic E-state index is -1.07. The Morgan fingerprint density at radius 2 is 2.38 bits per heavy atom. The highest BCUT2D eigenvalue weighted by molar-refractivity contribution is 5.93. The van der Waals surface area contributed by atoms with Gasteiger partial charge in [0.2, 0.25) is 0 Å². The molecule has 2 aromatic heterocycles. The Bertz CT molecular complexity index is 418. The van der Waals surface area contributed by atoms with Gasteiger partial charge in [-0.2, -0.15) is 5.10 Å². The number of aromatic carboxylic acids is 1. The van der Waals surface area contributed by atoms with Crippen LogP contribution in [0.5, 0.6) is 0 Å². The van der Waals surface area contributed by atoms with Crippen molar-refractivity contribution in [1.29, 1.82) is 0 Å². The van der Waals surface area contributed by atoms with Gasteiger partial charge in [-0.1, -0.05) is 5.16 Å². The zero-order chi connectivity index (χ0) is 9.26. The van der Waals surface area contributed by atoms with Crippen molar-refractivity contribution in [2.24, 2.45) is 0 Å². The molecule has 0 radical (unpaired) electrons. The maximum atomic E-state index is 10.6. The molecule has 13 heavy (non-hydrogen) atoms. The van der Waals surface area contributed by atoms with Crippen molar-refractivity contribution < 1.29 is 14.4 Å². The number of nitrogens with one attached hydrogen (secondary N) is 1. The Balaban J connectivity index is 2.52. The van der Waals surface area contributed by atoms with Gasteiger partial charge in [0, 0.05) is 6.20 Å². The number of aromatic amines is 1. The van der Waals surface area contributed by atoms with Gasteiger partial charge in [0.25, 0.3) is 0 Å². The Morgan fingerprint density at radius 1 is 1.54 bits per heavy atom. The number of carboxylic acids is 1. The van der Waals surface area contributed by atoms with Gasteiger partial charge >= 0.3 is 5.97 Å². The van der Waals surface area contributed by atoms with Crippen LogP contribution in [0.1, 0.15) is 10.4 Å². The molecule has 0 aliphatic heterocycles. The van der Waals surface area contributed by atoms with E-state index in [1.165, 1.54) is 12.4 Å². The minimum Gasteiger partial charge on any atom is -0.477 e. The lowest BCUT2D eigenvalue weighted by molar-refractivity contribution is 0.0697. The normalized spacial score (nSPS) is 10.2. The second-order valence-electron chi connectivity index (χ2n) is 2.36. The van der Waals surface area contributed by atoms with Gasteiger partial charge in [0.05, 0.1) is 18.0 Å². The maximum absolute atomic E-state index is 10.6. The smallest absolute Gasteiger partial charge is 0.341 e. The highest BCUT2D eigenvalue weighted by Gasteiger charge is 2.16.